The van der Waals surface area contributed by atoms with Gasteiger partial charge in [-0.25, -0.2) is 0 Å². The summed E-state index contributed by atoms with van der Waals surface area (Å²) < 4.78 is 40.3. The Bertz CT molecular complexity index is 624. The van der Waals surface area contributed by atoms with Gasteiger partial charge in [-0.3, -0.25) is 14.5 Å². The number of benzene rings is 1. The number of halogens is 3. The minimum atomic E-state index is -4.76. The molecule has 1 aromatic rings. The molecule has 2 rings (SSSR count). The van der Waals surface area contributed by atoms with Crippen LogP contribution in [-0.4, -0.2) is 66.7 Å². The number of alkyl halides is 3. The lowest BCUT2D eigenvalue weighted by Gasteiger charge is -2.34. The molecule has 0 unspecified atom stereocenters. The second kappa shape index (κ2) is 8.39. The van der Waals surface area contributed by atoms with Crippen LogP contribution < -0.4 is 10.1 Å². The van der Waals surface area contributed by atoms with Crippen molar-refractivity contribution in [1.29, 1.82) is 0 Å². The summed E-state index contributed by atoms with van der Waals surface area (Å²) in [5, 5.41) is 2.82. The van der Waals surface area contributed by atoms with Crippen molar-refractivity contribution >= 4 is 11.8 Å². The Kier molecular flexibility index (Phi) is 6.47. The minimum absolute atomic E-state index is 0.0555. The molecule has 0 atom stereocenters. The minimum Gasteiger partial charge on any atom is -0.406 e. The van der Waals surface area contributed by atoms with Gasteiger partial charge in [-0.15, -0.1) is 13.2 Å². The van der Waals surface area contributed by atoms with Crippen molar-refractivity contribution in [2.24, 2.45) is 0 Å². The predicted molar refractivity (Wildman–Crippen MR) is 88.7 cm³/mol. The average Bonchev–Trinajstić information content (AvgIpc) is 2.53. The molecule has 9 heteroatoms. The van der Waals surface area contributed by atoms with Gasteiger partial charge in [0.1, 0.15) is 5.75 Å². The molecule has 0 spiro atoms. The number of rotatable bonds is 5. The van der Waals surface area contributed by atoms with Gasteiger partial charge in [0.25, 0.3) is 5.91 Å². The summed E-state index contributed by atoms with van der Waals surface area (Å²) in [4.78, 5) is 27.8. The molecule has 1 fully saturated rings. The zero-order chi connectivity index (χ0) is 19.3. The van der Waals surface area contributed by atoms with Gasteiger partial charge in [-0.1, -0.05) is 0 Å². The number of amides is 2. The molecule has 1 aromatic carbocycles. The number of nitrogens with one attached hydrogen (secondary N) is 1. The van der Waals surface area contributed by atoms with Gasteiger partial charge in [-0.05, 0) is 38.1 Å². The van der Waals surface area contributed by atoms with Crippen molar-refractivity contribution < 1.29 is 27.5 Å². The quantitative estimate of drug-likeness (QED) is 0.856. The monoisotopic (exact) mass is 373 g/mol. The molecule has 0 radical (unpaired) electrons. The summed E-state index contributed by atoms with van der Waals surface area (Å²) in [5.74, 6) is -0.676. The molecule has 0 aliphatic carbocycles. The van der Waals surface area contributed by atoms with E-state index in [1.54, 1.807) is 4.90 Å². The van der Waals surface area contributed by atoms with Gasteiger partial charge >= 0.3 is 6.36 Å². The van der Waals surface area contributed by atoms with Crippen LogP contribution in [0.5, 0.6) is 5.75 Å². The van der Waals surface area contributed by atoms with Crippen LogP contribution >= 0.6 is 0 Å². The van der Waals surface area contributed by atoms with E-state index >= 15 is 0 Å². The van der Waals surface area contributed by atoms with E-state index in [-0.39, 0.29) is 30.2 Å². The number of nitrogens with zero attached hydrogens (tertiary/aromatic N) is 2. The maximum Gasteiger partial charge on any atom is 0.573 e. The van der Waals surface area contributed by atoms with Crippen LogP contribution in [-0.2, 0) is 4.79 Å². The average molecular weight is 373 g/mol. The molecule has 2 amide bonds. The van der Waals surface area contributed by atoms with Crippen molar-refractivity contribution in [2.75, 3.05) is 32.7 Å². The van der Waals surface area contributed by atoms with Crippen LogP contribution in [0.3, 0.4) is 0 Å². The van der Waals surface area contributed by atoms with Crippen LogP contribution in [0.2, 0.25) is 0 Å². The second-order valence-electron chi connectivity index (χ2n) is 6.36. The molecule has 1 aliphatic heterocycles. The van der Waals surface area contributed by atoms with Crippen molar-refractivity contribution in [3.05, 3.63) is 29.8 Å². The summed E-state index contributed by atoms with van der Waals surface area (Å²) in [5.41, 5.74) is 0.297. The van der Waals surface area contributed by atoms with Crippen LogP contribution in [0.4, 0.5) is 13.2 Å². The molecule has 144 valence electrons. The number of carbonyl (C=O) groups is 2. The normalized spacial score (nSPS) is 15.8. The van der Waals surface area contributed by atoms with Crippen molar-refractivity contribution in [3.8, 4) is 5.75 Å². The third-order valence-electron chi connectivity index (χ3n) is 3.81. The van der Waals surface area contributed by atoms with E-state index in [0.717, 1.165) is 12.1 Å². The lowest BCUT2D eigenvalue weighted by molar-refractivity contribution is -0.274. The van der Waals surface area contributed by atoms with E-state index in [1.807, 2.05) is 18.7 Å². The highest BCUT2D eigenvalue weighted by Gasteiger charge is 2.31. The molecular weight excluding hydrogens is 351 g/mol. The molecule has 1 saturated heterocycles. The van der Waals surface area contributed by atoms with Gasteiger partial charge in [0, 0.05) is 37.8 Å². The highest BCUT2D eigenvalue weighted by atomic mass is 19.4. The van der Waals surface area contributed by atoms with Crippen LogP contribution in [0, 0.1) is 0 Å². The van der Waals surface area contributed by atoms with Crippen LogP contribution in [0.25, 0.3) is 0 Å². The molecule has 1 N–H and O–H groups in total. The molecule has 0 bridgehead atoms. The smallest absolute Gasteiger partial charge is 0.406 e. The largest absolute Gasteiger partial charge is 0.573 e. The van der Waals surface area contributed by atoms with E-state index < -0.39 is 6.36 Å². The zero-order valence-electron chi connectivity index (χ0n) is 14.7. The maximum absolute atomic E-state index is 12.4. The summed E-state index contributed by atoms with van der Waals surface area (Å²) in [7, 11) is 0. The fraction of sp³-hybridized carbons (Fsp3) is 0.529. The summed E-state index contributed by atoms with van der Waals surface area (Å²) in [6.07, 6.45) is -4.76. The fourth-order valence-corrected chi connectivity index (χ4v) is 2.66. The maximum atomic E-state index is 12.4. The number of hydrogen-bond donors (Lipinski definition) is 1. The molecule has 1 heterocycles. The Hall–Kier alpha value is -2.29. The van der Waals surface area contributed by atoms with E-state index in [9.17, 15) is 22.8 Å². The molecule has 26 heavy (non-hydrogen) atoms. The van der Waals surface area contributed by atoms with Crippen molar-refractivity contribution in [1.82, 2.24) is 15.1 Å². The number of piperazine rings is 1. The lowest BCUT2D eigenvalue weighted by atomic mass is 10.1. The molecular formula is C17H22F3N3O3. The van der Waals surface area contributed by atoms with Gasteiger partial charge in [0.15, 0.2) is 0 Å². The van der Waals surface area contributed by atoms with E-state index in [0.29, 0.717) is 31.7 Å². The summed E-state index contributed by atoms with van der Waals surface area (Å²) >= 11 is 0. The van der Waals surface area contributed by atoms with Crippen molar-refractivity contribution in [2.45, 2.75) is 26.3 Å². The van der Waals surface area contributed by atoms with Gasteiger partial charge in [0.2, 0.25) is 5.91 Å². The molecule has 0 aromatic heterocycles. The lowest BCUT2D eigenvalue weighted by Crippen LogP contribution is -2.51. The first kappa shape index (κ1) is 20.0. The Labute approximate surface area is 149 Å². The van der Waals surface area contributed by atoms with Crippen LogP contribution in [0.15, 0.2) is 24.3 Å². The summed E-state index contributed by atoms with van der Waals surface area (Å²) in [6.45, 7) is 6.09. The highest BCUT2D eigenvalue weighted by Crippen LogP contribution is 2.23. The molecule has 1 aliphatic rings. The second-order valence-corrected chi connectivity index (χ2v) is 6.36. The number of carbonyl (C=O) groups excluding carboxylic acids is 2. The standard InChI is InChI=1S/C17H22F3N3O3/c1-12(2)21-15(24)11-22-7-9-23(10-8-22)16(25)13-3-5-14(6-4-13)26-17(18,19)20/h3-6,12H,7-11H2,1-2H3,(H,21,24). The predicted octanol–water partition coefficient (Wildman–Crippen LogP) is 1.87. The van der Waals surface area contributed by atoms with Crippen LogP contribution in [0.1, 0.15) is 24.2 Å². The van der Waals surface area contributed by atoms with E-state index in [2.05, 4.69) is 10.1 Å². The topological polar surface area (TPSA) is 61.9 Å². The first-order valence-corrected chi connectivity index (χ1v) is 8.31. The fourth-order valence-electron chi connectivity index (χ4n) is 2.66. The number of ether oxygens (including phenoxy) is 1. The Morgan fingerprint density at radius 1 is 1.12 bits per heavy atom. The molecule has 6 nitrogen and oxygen atoms in total. The third-order valence-corrected chi connectivity index (χ3v) is 3.81. The van der Waals surface area contributed by atoms with Crippen molar-refractivity contribution in [3.63, 3.8) is 0 Å². The first-order valence-electron chi connectivity index (χ1n) is 8.31. The number of hydrogen-bond acceptors (Lipinski definition) is 4. The summed E-state index contributed by atoms with van der Waals surface area (Å²) in [6, 6.07) is 4.94. The van der Waals surface area contributed by atoms with E-state index in [4.69, 9.17) is 0 Å². The highest BCUT2D eigenvalue weighted by molar-refractivity contribution is 5.94. The van der Waals surface area contributed by atoms with Gasteiger partial charge in [0.05, 0.1) is 6.54 Å². The first-order chi connectivity index (χ1) is 12.1. The van der Waals surface area contributed by atoms with Gasteiger partial charge in [-0.2, -0.15) is 0 Å². The van der Waals surface area contributed by atoms with Gasteiger partial charge < -0.3 is 15.0 Å². The zero-order valence-corrected chi connectivity index (χ0v) is 14.7. The molecule has 0 saturated carbocycles. The Balaban J connectivity index is 1.85. The Morgan fingerprint density at radius 2 is 1.69 bits per heavy atom. The SMILES string of the molecule is CC(C)NC(=O)CN1CCN(C(=O)c2ccc(OC(F)(F)F)cc2)CC1. The van der Waals surface area contributed by atoms with E-state index in [1.165, 1.54) is 12.1 Å². The third kappa shape index (κ3) is 6.21. The Morgan fingerprint density at radius 3 is 2.19 bits per heavy atom.